The number of pyridine rings is 1. The fourth-order valence-corrected chi connectivity index (χ4v) is 1.64. The van der Waals surface area contributed by atoms with E-state index in [-0.39, 0.29) is 0 Å². The Kier molecular flexibility index (Phi) is 3.27. The van der Waals surface area contributed by atoms with Crippen molar-refractivity contribution in [3.8, 4) is 6.07 Å². The highest BCUT2D eigenvalue weighted by molar-refractivity contribution is 6.33. The molecular formula is C13H10ClN3. The van der Waals surface area contributed by atoms with Gasteiger partial charge in [-0.3, -0.25) is 4.98 Å². The van der Waals surface area contributed by atoms with Crippen LogP contribution in [0.5, 0.6) is 0 Å². The minimum absolute atomic E-state index is 0.539. The van der Waals surface area contributed by atoms with Crippen LogP contribution in [0.4, 0.5) is 11.4 Å². The van der Waals surface area contributed by atoms with Gasteiger partial charge in [0.05, 0.1) is 28.2 Å². The third-order valence-electron chi connectivity index (χ3n) is 2.33. The summed E-state index contributed by atoms with van der Waals surface area (Å²) in [4.78, 5) is 3.98. The lowest BCUT2D eigenvalue weighted by atomic mass is 10.2. The van der Waals surface area contributed by atoms with Crippen molar-refractivity contribution in [2.45, 2.75) is 6.92 Å². The van der Waals surface area contributed by atoms with Crippen LogP contribution in [0, 0.1) is 18.3 Å². The molecule has 0 radical (unpaired) electrons. The number of nitrogens with zero attached hydrogens (tertiary/aromatic N) is 2. The number of aryl methyl sites for hydroxylation is 1. The van der Waals surface area contributed by atoms with Crippen molar-refractivity contribution in [2.24, 2.45) is 0 Å². The van der Waals surface area contributed by atoms with Gasteiger partial charge in [0, 0.05) is 6.20 Å². The van der Waals surface area contributed by atoms with E-state index < -0.39 is 0 Å². The second-order valence-electron chi connectivity index (χ2n) is 3.64. The van der Waals surface area contributed by atoms with Gasteiger partial charge in [-0.15, -0.1) is 0 Å². The van der Waals surface area contributed by atoms with E-state index in [4.69, 9.17) is 16.9 Å². The standard InChI is InChI=1S/C13H10ClN3/c1-9-2-3-11(14)12(6-9)17-13-8-16-5-4-10(13)7-15/h2-6,8,17H,1H3. The molecule has 0 saturated carbocycles. The molecule has 1 aromatic carbocycles. The molecule has 3 nitrogen and oxygen atoms in total. The molecule has 0 unspecified atom stereocenters. The maximum absolute atomic E-state index is 8.97. The number of nitrogens with one attached hydrogen (secondary N) is 1. The molecule has 84 valence electrons. The summed E-state index contributed by atoms with van der Waals surface area (Å²) in [6.45, 7) is 1.98. The minimum atomic E-state index is 0.539. The molecule has 1 heterocycles. The highest BCUT2D eigenvalue weighted by Gasteiger charge is 2.05. The zero-order chi connectivity index (χ0) is 12.3. The Morgan fingerprint density at radius 1 is 1.29 bits per heavy atom. The van der Waals surface area contributed by atoms with Crippen LogP contribution < -0.4 is 5.32 Å². The van der Waals surface area contributed by atoms with E-state index in [0.29, 0.717) is 16.3 Å². The maximum Gasteiger partial charge on any atom is 0.101 e. The Morgan fingerprint density at radius 3 is 2.88 bits per heavy atom. The van der Waals surface area contributed by atoms with Gasteiger partial charge in [0.15, 0.2) is 0 Å². The van der Waals surface area contributed by atoms with Crippen molar-refractivity contribution < 1.29 is 0 Å². The predicted octanol–water partition coefficient (Wildman–Crippen LogP) is 3.66. The number of hydrogen-bond acceptors (Lipinski definition) is 3. The number of hydrogen-bond donors (Lipinski definition) is 1. The molecule has 2 aromatic rings. The van der Waals surface area contributed by atoms with Crippen LogP contribution in [-0.2, 0) is 0 Å². The Morgan fingerprint density at radius 2 is 2.12 bits per heavy atom. The van der Waals surface area contributed by atoms with Crippen molar-refractivity contribution in [2.75, 3.05) is 5.32 Å². The molecule has 0 aliphatic rings. The molecule has 0 aliphatic heterocycles. The molecule has 0 amide bonds. The van der Waals surface area contributed by atoms with E-state index in [1.165, 1.54) is 0 Å². The quantitative estimate of drug-likeness (QED) is 0.876. The molecule has 4 heteroatoms. The van der Waals surface area contributed by atoms with Crippen molar-refractivity contribution in [3.05, 3.63) is 52.8 Å². The van der Waals surface area contributed by atoms with Crippen LogP contribution in [0.1, 0.15) is 11.1 Å². The Labute approximate surface area is 105 Å². The van der Waals surface area contributed by atoms with Crippen LogP contribution in [0.2, 0.25) is 5.02 Å². The summed E-state index contributed by atoms with van der Waals surface area (Å²) in [6, 6.07) is 9.44. The molecule has 0 atom stereocenters. The average Bonchev–Trinajstić information content (AvgIpc) is 2.34. The lowest BCUT2D eigenvalue weighted by molar-refractivity contribution is 1.30. The fraction of sp³-hybridized carbons (Fsp3) is 0.0769. The van der Waals surface area contributed by atoms with Crippen molar-refractivity contribution in [1.29, 1.82) is 5.26 Å². The van der Waals surface area contributed by atoms with Gasteiger partial charge in [0.2, 0.25) is 0 Å². The zero-order valence-electron chi connectivity index (χ0n) is 9.24. The van der Waals surface area contributed by atoms with Crippen LogP contribution in [0.15, 0.2) is 36.7 Å². The van der Waals surface area contributed by atoms with E-state index in [1.807, 2.05) is 25.1 Å². The van der Waals surface area contributed by atoms with Gasteiger partial charge in [-0.05, 0) is 30.7 Å². The van der Waals surface area contributed by atoms with Crippen molar-refractivity contribution >= 4 is 23.0 Å². The van der Waals surface area contributed by atoms with Crippen LogP contribution in [0.3, 0.4) is 0 Å². The Bertz CT molecular complexity index is 587. The van der Waals surface area contributed by atoms with Gasteiger partial charge in [0.25, 0.3) is 0 Å². The van der Waals surface area contributed by atoms with Gasteiger partial charge in [-0.1, -0.05) is 17.7 Å². The van der Waals surface area contributed by atoms with E-state index >= 15 is 0 Å². The normalized spacial score (nSPS) is 9.71. The first-order valence-electron chi connectivity index (χ1n) is 5.08. The molecule has 2 rings (SSSR count). The first-order valence-corrected chi connectivity index (χ1v) is 5.46. The van der Waals surface area contributed by atoms with E-state index in [0.717, 1.165) is 11.3 Å². The van der Waals surface area contributed by atoms with Gasteiger partial charge >= 0.3 is 0 Å². The maximum atomic E-state index is 8.97. The topological polar surface area (TPSA) is 48.7 Å². The molecule has 0 fully saturated rings. The predicted molar refractivity (Wildman–Crippen MR) is 68.4 cm³/mol. The third-order valence-corrected chi connectivity index (χ3v) is 2.66. The number of nitriles is 1. The number of benzene rings is 1. The minimum Gasteiger partial charge on any atom is -0.352 e. The van der Waals surface area contributed by atoms with Gasteiger partial charge < -0.3 is 5.32 Å². The Balaban J connectivity index is 2.38. The summed E-state index contributed by atoms with van der Waals surface area (Å²) in [5.74, 6) is 0. The molecule has 0 saturated heterocycles. The number of rotatable bonds is 2. The van der Waals surface area contributed by atoms with Crippen LogP contribution >= 0.6 is 11.6 Å². The molecule has 1 N–H and O–H groups in total. The van der Waals surface area contributed by atoms with Gasteiger partial charge in [0.1, 0.15) is 6.07 Å². The molecule has 17 heavy (non-hydrogen) atoms. The smallest absolute Gasteiger partial charge is 0.101 e. The highest BCUT2D eigenvalue weighted by Crippen LogP contribution is 2.27. The summed E-state index contributed by atoms with van der Waals surface area (Å²) < 4.78 is 0. The molecule has 0 aliphatic carbocycles. The third kappa shape index (κ3) is 2.55. The SMILES string of the molecule is Cc1ccc(Cl)c(Nc2cnccc2C#N)c1. The Hall–Kier alpha value is -2.05. The van der Waals surface area contributed by atoms with Crippen LogP contribution in [-0.4, -0.2) is 4.98 Å². The fourth-order valence-electron chi connectivity index (χ4n) is 1.47. The van der Waals surface area contributed by atoms with Crippen molar-refractivity contribution in [3.63, 3.8) is 0 Å². The second-order valence-corrected chi connectivity index (χ2v) is 4.05. The van der Waals surface area contributed by atoms with Crippen LogP contribution in [0.25, 0.3) is 0 Å². The highest BCUT2D eigenvalue weighted by atomic mass is 35.5. The molecule has 1 aromatic heterocycles. The first kappa shape index (κ1) is 11.4. The summed E-state index contributed by atoms with van der Waals surface area (Å²) in [5.41, 5.74) is 3.07. The summed E-state index contributed by atoms with van der Waals surface area (Å²) in [6.07, 6.45) is 3.19. The number of aromatic nitrogens is 1. The van der Waals surface area contributed by atoms with Gasteiger partial charge in [-0.2, -0.15) is 5.26 Å². The van der Waals surface area contributed by atoms with E-state index in [1.54, 1.807) is 18.5 Å². The molecular weight excluding hydrogens is 234 g/mol. The van der Waals surface area contributed by atoms with Crippen molar-refractivity contribution in [1.82, 2.24) is 4.98 Å². The largest absolute Gasteiger partial charge is 0.352 e. The number of halogens is 1. The lowest BCUT2D eigenvalue weighted by Crippen LogP contribution is -1.95. The second kappa shape index (κ2) is 4.86. The number of anilines is 2. The lowest BCUT2D eigenvalue weighted by Gasteiger charge is -2.09. The van der Waals surface area contributed by atoms with E-state index in [2.05, 4.69) is 16.4 Å². The monoisotopic (exact) mass is 243 g/mol. The summed E-state index contributed by atoms with van der Waals surface area (Å²) in [5, 5.41) is 12.7. The molecule has 0 bridgehead atoms. The summed E-state index contributed by atoms with van der Waals surface area (Å²) >= 11 is 6.08. The van der Waals surface area contributed by atoms with Gasteiger partial charge in [-0.25, -0.2) is 0 Å². The zero-order valence-corrected chi connectivity index (χ0v) is 9.99. The average molecular weight is 244 g/mol. The first-order chi connectivity index (χ1) is 8.20. The molecule has 0 spiro atoms. The summed E-state index contributed by atoms with van der Waals surface area (Å²) in [7, 11) is 0. The van der Waals surface area contributed by atoms with E-state index in [9.17, 15) is 0 Å².